The van der Waals surface area contributed by atoms with E-state index in [1.54, 1.807) is 0 Å². The van der Waals surface area contributed by atoms with Crippen LogP contribution in [0, 0.1) is 5.92 Å². The predicted octanol–water partition coefficient (Wildman–Crippen LogP) is 2.95. The van der Waals surface area contributed by atoms with Crippen molar-refractivity contribution in [1.82, 2.24) is 5.32 Å². The lowest BCUT2D eigenvalue weighted by Crippen LogP contribution is -2.30. The Morgan fingerprint density at radius 3 is 2.73 bits per heavy atom. The molecule has 15 heavy (non-hydrogen) atoms. The van der Waals surface area contributed by atoms with E-state index in [1.165, 1.54) is 42.8 Å². The van der Waals surface area contributed by atoms with Gasteiger partial charge in [0.1, 0.15) is 0 Å². The first-order valence-corrected chi connectivity index (χ1v) is 6.94. The average Bonchev–Trinajstić information content (AvgIpc) is 2.31. The summed E-state index contributed by atoms with van der Waals surface area (Å²) < 4.78 is 0. The Balaban J connectivity index is 1.91. The summed E-state index contributed by atoms with van der Waals surface area (Å²) in [5, 5.41) is 3.47. The Kier molecular flexibility index (Phi) is 4.09. The van der Waals surface area contributed by atoms with Gasteiger partial charge in [-0.15, -0.1) is 11.8 Å². The van der Waals surface area contributed by atoms with Gasteiger partial charge in [0.2, 0.25) is 0 Å². The van der Waals surface area contributed by atoms with Gasteiger partial charge in [-0.2, -0.15) is 0 Å². The van der Waals surface area contributed by atoms with E-state index in [4.69, 9.17) is 0 Å². The number of hydrogen-bond donors (Lipinski definition) is 1. The fourth-order valence-electron chi connectivity index (χ4n) is 2.19. The van der Waals surface area contributed by atoms with E-state index in [0.29, 0.717) is 0 Å². The van der Waals surface area contributed by atoms with Crippen LogP contribution in [0.4, 0.5) is 0 Å². The highest BCUT2D eigenvalue weighted by molar-refractivity contribution is 7.98. The second-order valence-electron chi connectivity index (χ2n) is 4.26. The first-order valence-electron chi connectivity index (χ1n) is 5.72. The smallest absolute Gasteiger partial charge is 0.00693 e. The summed E-state index contributed by atoms with van der Waals surface area (Å²) in [5.41, 5.74) is 1.49. The van der Waals surface area contributed by atoms with E-state index in [9.17, 15) is 0 Å². The minimum atomic E-state index is 0.846. The molecule has 1 aliphatic heterocycles. The Hall–Kier alpha value is -0.470. The number of thioether (sulfide) groups is 1. The number of hydrogen-bond acceptors (Lipinski definition) is 2. The lowest BCUT2D eigenvalue weighted by Gasteiger charge is -2.22. The molecule has 1 saturated heterocycles. The molecule has 2 rings (SSSR count). The van der Waals surface area contributed by atoms with Gasteiger partial charge in [0.25, 0.3) is 0 Å². The van der Waals surface area contributed by atoms with E-state index in [1.807, 2.05) is 11.8 Å². The molecule has 1 unspecified atom stereocenters. The maximum Gasteiger partial charge on any atom is 0.00693 e. The normalized spacial score (nSPS) is 21.5. The number of nitrogens with one attached hydrogen (secondary N) is 1. The summed E-state index contributed by atoms with van der Waals surface area (Å²) in [6, 6.07) is 9.02. The van der Waals surface area contributed by atoms with Gasteiger partial charge in [-0.25, -0.2) is 0 Å². The van der Waals surface area contributed by atoms with Gasteiger partial charge >= 0.3 is 0 Å². The Morgan fingerprint density at radius 1 is 1.33 bits per heavy atom. The highest BCUT2D eigenvalue weighted by Gasteiger charge is 2.12. The minimum Gasteiger partial charge on any atom is -0.316 e. The highest BCUT2D eigenvalue weighted by Crippen LogP contribution is 2.19. The molecule has 0 aliphatic carbocycles. The zero-order chi connectivity index (χ0) is 10.5. The molecule has 0 spiro atoms. The summed E-state index contributed by atoms with van der Waals surface area (Å²) in [6.45, 7) is 2.41. The van der Waals surface area contributed by atoms with E-state index >= 15 is 0 Å². The van der Waals surface area contributed by atoms with Crippen molar-refractivity contribution in [2.45, 2.75) is 24.2 Å². The number of benzene rings is 1. The van der Waals surface area contributed by atoms with Crippen LogP contribution in [0.5, 0.6) is 0 Å². The second kappa shape index (κ2) is 5.57. The van der Waals surface area contributed by atoms with Crippen molar-refractivity contribution in [2.75, 3.05) is 19.3 Å². The van der Waals surface area contributed by atoms with Crippen LogP contribution in [0.2, 0.25) is 0 Å². The molecule has 1 heterocycles. The third-order valence-electron chi connectivity index (χ3n) is 3.08. The zero-order valence-corrected chi connectivity index (χ0v) is 10.1. The van der Waals surface area contributed by atoms with Crippen LogP contribution >= 0.6 is 11.8 Å². The molecule has 0 amide bonds. The van der Waals surface area contributed by atoms with Crippen LogP contribution in [0.15, 0.2) is 29.2 Å². The average molecular weight is 221 g/mol. The Labute approximate surface area is 96.7 Å². The molecule has 0 saturated carbocycles. The standard InChI is InChI=1S/C13H19NS/c1-15-13-6-4-11(5-7-13)9-12-3-2-8-14-10-12/h4-7,12,14H,2-3,8-10H2,1H3. The van der Waals surface area contributed by atoms with Crippen LogP contribution in [-0.2, 0) is 6.42 Å². The molecule has 1 aromatic carbocycles. The van der Waals surface area contributed by atoms with Crippen molar-refractivity contribution in [2.24, 2.45) is 5.92 Å². The Morgan fingerprint density at radius 2 is 2.13 bits per heavy atom. The number of piperidine rings is 1. The monoisotopic (exact) mass is 221 g/mol. The Bertz CT molecular complexity index is 288. The summed E-state index contributed by atoms with van der Waals surface area (Å²) >= 11 is 1.81. The summed E-state index contributed by atoms with van der Waals surface area (Å²) in [5.74, 6) is 0.846. The van der Waals surface area contributed by atoms with Gasteiger partial charge in [-0.1, -0.05) is 12.1 Å². The third kappa shape index (κ3) is 3.25. The molecule has 1 atom stereocenters. The third-order valence-corrected chi connectivity index (χ3v) is 3.83. The van der Waals surface area contributed by atoms with Gasteiger partial charge in [0.05, 0.1) is 0 Å². The molecule has 1 N–H and O–H groups in total. The maximum atomic E-state index is 3.47. The quantitative estimate of drug-likeness (QED) is 0.788. The first-order chi connectivity index (χ1) is 7.38. The second-order valence-corrected chi connectivity index (χ2v) is 5.14. The first kappa shape index (κ1) is 11.0. The van der Waals surface area contributed by atoms with Crippen LogP contribution < -0.4 is 5.32 Å². The van der Waals surface area contributed by atoms with E-state index in [0.717, 1.165) is 5.92 Å². The van der Waals surface area contributed by atoms with Crippen LogP contribution in [-0.4, -0.2) is 19.3 Å². The minimum absolute atomic E-state index is 0.846. The van der Waals surface area contributed by atoms with Gasteiger partial charge in [0.15, 0.2) is 0 Å². The summed E-state index contributed by atoms with van der Waals surface area (Å²) in [4.78, 5) is 1.36. The van der Waals surface area contributed by atoms with Gasteiger partial charge in [0, 0.05) is 4.90 Å². The lowest BCUT2D eigenvalue weighted by molar-refractivity contribution is 0.376. The molecular formula is C13H19NS. The van der Waals surface area contributed by atoms with Gasteiger partial charge in [-0.3, -0.25) is 0 Å². The molecule has 0 aromatic heterocycles. The van der Waals surface area contributed by atoms with Crippen molar-refractivity contribution in [1.29, 1.82) is 0 Å². The van der Waals surface area contributed by atoms with E-state index in [-0.39, 0.29) is 0 Å². The molecular weight excluding hydrogens is 202 g/mol. The molecule has 0 bridgehead atoms. The van der Waals surface area contributed by atoms with Crippen molar-refractivity contribution in [3.05, 3.63) is 29.8 Å². The summed E-state index contributed by atoms with van der Waals surface area (Å²) in [6.07, 6.45) is 6.09. The van der Waals surface area contributed by atoms with Crippen LogP contribution in [0.3, 0.4) is 0 Å². The van der Waals surface area contributed by atoms with Gasteiger partial charge in [-0.05, 0) is 62.2 Å². The molecule has 2 heteroatoms. The molecule has 1 nitrogen and oxygen atoms in total. The van der Waals surface area contributed by atoms with E-state index in [2.05, 4.69) is 35.8 Å². The SMILES string of the molecule is CSc1ccc(CC2CCCNC2)cc1. The fourth-order valence-corrected chi connectivity index (χ4v) is 2.60. The van der Waals surface area contributed by atoms with Crippen LogP contribution in [0.1, 0.15) is 18.4 Å². The molecule has 1 fully saturated rings. The molecule has 0 radical (unpaired) electrons. The predicted molar refractivity (Wildman–Crippen MR) is 67.5 cm³/mol. The van der Waals surface area contributed by atoms with Gasteiger partial charge < -0.3 is 5.32 Å². The fraction of sp³-hybridized carbons (Fsp3) is 0.538. The summed E-state index contributed by atoms with van der Waals surface area (Å²) in [7, 11) is 0. The molecule has 82 valence electrons. The topological polar surface area (TPSA) is 12.0 Å². The zero-order valence-electron chi connectivity index (χ0n) is 9.33. The van der Waals surface area contributed by atoms with Crippen molar-refractivity contribution >= 4 is 11.8 Å². The molecule has 1 aliphatic rings. The lowest BCUT2D eigenvalue weighted by atomic mass is 9.92. The largest absolute Gasteiger partial charge is 0.316 e. The maximum absolute atomic E-state index is 3.47. The van der Waals surface area contributed by atoms with Crippen molar-refractivity contribution in [3.8, 4) is 0 Å². The van der Waals surface area contributed by atoms with E-state index < -0.39 is 0 Å². The van der Waals surface area contributed by atoms with Crippen molar-refractivity contribution < 1.29 is 0 Å². The van der Waals surface area contributed by atoms with Crippen LogP contribution in [0.25, 0.3) is 0 Å². The van der Waals surface area contributed by atoms with Crippen molar-refractivity contribution in [3.63, 3.8) is 0 Å². The molecule has 1 aromatic rings. The number of rotatable bonds is 3. The highest BCUT2D eigenvalue weighted by atomic mass is 32.2.